The smallest absolute Gasteiger partial charge is 0.214 e. The number of rotatable bonds is 1. The van der Waals surface area contributed by atoms with Gasteiger partial charge in [-0.1, -0.05) is 31.1 Å². The molecular formula is C12H12N2O. The molecule has 15 heavy (non-hydrogen) atoms. The highest BCUT2D eigenvalue weighted by molar-refractivity contribution is 5.60. The number of hydrogen-bond acceptors (Lipinski definition) is 3. The van der Waals surface area contributed by atoms with Crippen molar-refractivity contribution in [1.29, 1.82) is 0 Å². The van der Waals surface area contributed by atoms with Crippen molar-refractivity contribution in [2.75, 3.05) is 0 Å². The minimum absolute atomic E-state index is 0.645. The van der Waals surface area contributed by atoms with E-state index in [4.69, 9.17) is 4.52 Å². The number of nitrogens with zero attached hydrogens (tertiary/aromatic N) is 2. The van der Waals surface area contributed by atoms with Gasteiger partial charge in [-0.2, -0.15) is 4.98 Å². The van der Waals surface area contributed by atoms with E-state index >= 15 is 0 Å². The molecule has 1 aliphatic rings. The Labute approximate surface area is 88.1 Å². The molecule has 0 spiro atoms. The van der Waals surface area contributed by atoms with E-state index in [2.05, 4.69) is 42.2 Å². The second-order valence-corrected chi connectivity index (χ2v) is 4.18. The van der Waals surface area contributed by atoms with Crippen molar-refractivity contribution in [2.45, 2.75) is 25.7 Å². The monoisotopic (exact) mass is 200 g/mol. The summed E-state index contributed by atoms with van der Waals surface area (Å²) in [4.78, 5) is 4.05. The third-order valence-electron chi connectivity index (χ3n) is 3.44. The van der Waals surface area contributed by atoms with Gasteiger partial charge >= 0.3 is 0 Å². The van der Waals surface area contributed by atoms with Gasteiger partial charge in [0.25, 0.3) is 0 Å². The first-order chi connectivity index (χ1) is 7.27. The SMILES string of the molecule is CC1c2ccc(-c3ncon3)cc2C1C. The maximum atomic E-state index is 4.74. The molecule has 0 radical (unpaired) electrons. The average molecular weight is 200 g/mol. The fourth-order valence-electron chi connectivity index (χ4n) is 2.26. The molecule has 1 aliphatic carbocycles. The van der Waals surface area contributed by atoms with E-state index < -0.39 is 0 Å². The molecule has 0 aliphatic heterocycles. The molecule has 2 atom stereocenters. The molecule has 3 rings (SSSR count). The van der Waals surface area contributed by atoms with Gasteiger partial charge in [-0.05, 0) is 29.0 Å². The lowest BCUT2D eigenvalue weighted by molar-refractivity contribution is 0.418. The Morgan fingerprint density at radius 1 is 1.13 bits per heavy atom. The largest absolute Gasteiger partial charge is 0.342 e. The molecule has 1 heterocycles. The fraction of sp³-hybridized carbons (Fsp3) is 0.333. The van der Waals surface area contributed by atoms with Gasteiger partial charge in [0.2, 0.25) is 12.2 Å². The van der Waals surface area contributed by atoms with Crippen LogP contribution in [0.5, 0.6) is 0 Å². The van der Waals surface area contributed by atoms with Gasteiger partial charge in [-0.15, -0.1) is 0 Å². The van der Waals surface area contributed by atoms with E-state index in [0.717, 1.165) is 5.56 Å². The van der Waals surface area contributed by atoms with Crippen LogP contribution >= 0.6 is 0 Å². The first-order valence-electron chi connectivity index (χ1n) is 5.18. The first-order valence-corrected chi connectivity index (χ1v) is 5.18. The summed E-state index contributed by atoms with van der Waals surface area (Å²) < 4.78 is 4.74. The lowest BCUT2D eigenvalue weighted by Crippen LogP contribution is -2.19. The second-order valence-electron chi connectivity index (χ2n) is 4.18. The van der Waals surface area contributed by atoms with Gasteiger partial charge < -0.3 is 4.52 Å². The van der Waals surface area contributed by atoms with Gasteiger partial charge in [0, 0.05) is 5.56 Å². The summed E-state index contributed by atoms with van der Waals surface area (Å²) in [6, 6.07) is 6.41. The highest BCUT2D eigenvalue weighted by atomic mass is 16.5. The lowest BCUT2D eigenvalue weighted by Gasteiger charge is -2.35. The van der Waals surface area contributed by atoms with Gasteiger partial charge in [-0.25, -0.2) is 0 Å². The predicted octanol–water partition coefficient (Wildman–Crippen LogP) is 2.96. The zero-order valence-electron chi connectivity index (χ0n) is 8.77. The number of aromatic nitrogens is 2. The van der Waals surface area contributed by atoms with E-state index in [1.807, 2.05) is 0 Å². The summed E-state index contributed by atoms with van der Waals surface area (Å²) in [5, 5.41) is 3.84. The van der Waals surface area contributed by atoms with Gasteiger partial charge in [-0.3, -0.25) is 0 Å². The van der Waals surface area contributed by atoms with Crippen LogP contribution in [-0.2, 0) is 0 Å². The van der Waals surface area contributed by atoms with Crippen molar-refractivity contribution < 1.29 is 4.52 Å². The third-order valence-corrected chi connectivity index (χ3v) is 3.44. The fourth-order valence-corrected chi connectivity index (χ4v) is 2.26. The number of fused-ring (bicyclic) bond motifs is 1. The van der Waals surface area contributed by atoms with Crippen molar-refractivity contribution >= 4 is 0 Å². The van der Waals surface area contributed by atoms with E-state index in [0.29, 0.717) is 17.7 Å². The Hall–Kier alpha value is -1.64. The topological polar surface area (TPSA) is 38.9 Å². The van der Waals surface area contributed by atoms with Gasteiger partial charge in [0.1, 0.15) is 0 Å². The van der Waals surface area contributed by atoms with Crippen LogP contribution in [0.25, 0.3) is 11.4 Å². The van der Waals surface area contributed by atoms with Crippen LogP contribution in [0.4, 0.5) is 0 Å². The zero-order valence-corrected chi connectivity index (χ0v) is 8.77. The Morgan fingerprint density at radius 2 is 1.93 bits per heavy atom. The quantitative estimate of drug-likeness (QED) is 0.710. The molecule has 0 saturated heterocycles. The molecule has 2 unspecified atom stereocenters. The van der Waals surface area contributed by atoms with Gasteiger partial charge in [0.15, 0.2) is 0 Å². The Balaban J connectivity index is 2.07. The van der Waals surface area contributed by atoms with Gasteiger partial charge in [0.05, 0.1) is 0 Å². The summed E-state index contributed by atoms with van der Waals surface area (Å²) in [6.07, 6.45) is 1.36. The average Bonchev–Trinajstić information content (AvgIpc) is 2.80. The van der Waals surface area contributed by atoms with E-state index in [-0.39, 0.29) is 0 Å². The van der Waals surface area contributed by atoms with Crippen molar-refractivity contribution in [3.63, 3.8) is 0 Å². The zero-order chi connectivity index (χ0) is 10.4. The standard InChI is InChI=1S/C12H12N2O/c1-7-8(2)11-5-9(3-4-10(7)11)12-13-6-15-14-12/h3-8H,1-2H3. The van der Waals surface area contributed by atoms with Crippen LogP contribution in [0.1, 0.15) is 36.8 Å². The van der Waals surface area contributed by atoms with Crippen molar-refractivity contribution in [3.8, 4) is 11.4 Å². The van der Waals surface area contributed by atoms with E-state index in [1.165, 1.54) is 17.5 Å². The molecule has 3 heteroatoms. The third kappa shape index (κ3) is 1.12. The Bertz CT molecular complexity index is 490. The maximum Gasteiger partial charge on any atom is 0.214 e. The minimum atomic E-state index is 0.645. The van der Waals surface area contributed by atoms with Crippen molar-refractivity contribution in [3.05, 3.63) is 35.7 Å². The molecule has 0 saturated carbocycles. The molecule has 0 fully saturated rings. The normalized spacial score (nSPS) is 23.3. The summed E-state index contributed by atoms with van der Waals surface area (Å²) in [5.41, 5.74) is 3.92. The molecular weight excluding hydrogens is 188 g/mol. The minimum Gasteiger partial charge on any atom is -0.342 e. The number of benzene rings is 1. The lowest BCUT2D eigenvalue weighted by atomic mass is 9.69. The molecule has 2 aromatic rings. The van der Waals surface area contributed by atoms with Crippen LogP contribution < -0.4 is 0 Å². The van der Waals surface area contributed by atoms with Crippen LogP contribution in [0.3, 0.4) is 0 Å². The summed E-state index contributed by atoms with van der Waals surface area (Å²) in [7, 11) is 0. The summed E-state index contributed by atoms with van der Waals surface area (Å²) in [5.74, 6) is 2.00. The number of hydrogen-bond donors (Lipinski definition) is 0. The predicted molar refractivity (Wildman–Crippen MR) is 56.6 cm³/mol. The van der Waals surface area contributed by atoms with E-state index in [1.54, 1.807) is 0 Å². The molecule has 1 aromatic heterocycles. The molecule has 76 valence electrons. The highest BCUT2D eigenvalue weighted by Gasteiger charge is 2.30. The summed E-state index contributed by atoms with van der Waals surface area (Å²) in [6.45, 7) is 4.52. The molecule has 0 bridgehead atoms. The van der Waals surface area contributed by atoms with Crippen LogP contribution in [0, 0.1) is 0 Å². The maximum absolute atomic E-state index is 4.74. The molecule has 0 amide bonds. The highest BCUT2D eigenvalue weighted by Crippen LogP contribution is 2.46. The Kier molecular flexibility index (Phi) is 1.69. The molecule has 1 aromatic carbocycles. The Morgan fingerprint density at radius 3 is 2.67 bits per heavy atom. The molecule has 3 nitrogen and oxygen atoms in total. The van der Waals surface area contributed by atoms with Crippen LogP contribution in [-0.4, -0.2) is 10.1 Å². The van der Waals surface area contributed by atoms with Crippen molar-refractivity contribution in [1.82, 2.24) is 10.1 Å². The summed E-state index contributed by atoms with van der Waals surface area (Å²) >= 11 is 0. The van der Waals surface area contributed by atoms with Crippen LogP contribution in [0.2, 0.25) is 0 Å². The van der Waals surface area contributed by atoms with E-state index in [9.17, 15) is 0 Å². The second kappa shape index (κ2) is 2.92. The first kappa shape index (κ1) is 8.65. The molecule has 0 N–H and O–H groups in total. The van der Waals surface area contributed by atoms with Crippen molar-refractivity contribution in [2.24, 2.45) is 0 Å². The van der Waals surface area contributed by atoms with Crippen LogP contribution in [0.15, 0.2) is 29.1 Å².